The number of thioether (sulfide) groups is 1. The van der Waals surface area contributed by atoms with E-state index in [2.05, 4.69) is 11.6 Å². The smallest absolute Gasteiger partial charge is 0.239 e. The fraction of sp³-hybridized carbons (Fsp3) is 0.923. The van der Waals surface area contributed by atoms with Gasteiger partial charge in [0.25, 0.3) is 0 Å². The lowest BCUT2D eigenvalue weighted by Gasteiger charge is -2.24. The van der Waals surface area contributed by atoms with Crippen molar-refractivity contribution in [3.63, 3.8) is 0 Å². The van der Waals surface area contributed by atoms with Gasteiger partial charge in [-0.3, -0.25) is 4.79 Å². The molecular weight excluding hydrogens is 248 g/mol. The highest BCUT2D eigenvalue weighted by Gasteiger charge is 2.32. The van der Waals surface area contributed by atoms with Gasteiger partial charge < -0.3 is 15.0 Å². The molecule has 104 valence electrons. The van der Waals surface area contributed by atoms with Crippen LogP contribution in [0.25, 0.3) is 0 Å². The Bertz CT molecular complexity index is 288. The molecule has 1 N–H and O–H groups in total. The van der Waals surface area contributed by atoms with Crippen molar-refractivity contribution in [1.82, 2.24) is 10.2 Å². The lowest BCUT2D eigenvalue weighted by Crippen LogP contribution is -2.44. The first-order chi connectivity index (χ1) is 8.74. The van der Waals surface area contributed by atoms with E-state index >= 15 is 0 Å². The molecule has 18 heavy (non-hydrogen) atoms. The lowest BCUT2D eigenvalue weighted by molar-refractivity contribution is -0.133. The van der Waals surface area contributed by atoms with Crippen LogP contribution in [-0.4, -0.2) is 61.2 Å². The highest BCUT2D eigenvalue weighted by Crippen LogP contribution is 2.22. The number of nitrogens with zero attached hydrogens (tertiary/aromatic N) is 1. The largest absolute Gasteiger partial charge is 0.380 e. The van der Waals surface area contributed by atoms with Crippen molar-refractivity contribution in [3.8, 4) is 0 Å². The van der Waals surface area contributed by atoms with Gasteiger partial charge in [-0.1, -0.05) is 0 Å². The Hall–Kier alpha value is -0.260. The van der Waals surface area contributed by atoms with Crippen LogP contribution in [0.15, 0.2) is 0 Å². The average molecular weight is 272 g/mol. The number of carbonyl (C=O) groups excluding carboxylic acids is 1. The Morgan fingerprint density at radius 2 is 2.22 bits per heavy atom. The normalized spacial score (nSPS) is 33.4. The van der Waals surface area contributed by atoms with Crippen molar-refractivity contribution >= 4 is 17.7 Å². The van der Waals surface area contributed by atoms with Gasteiger partial charge in [0.1, 0.15) is 0 Å². The van der Waals surface area contributed by atoms with E-state index in [-0.39, 0.29) is 18.1 Å². The SMILES string of the molecule is COC1CNC(C(=O)N2CCCC(SC)CC2)C1. The molecule has 0 aliphatic carbocycles. The summed E-state index contributed by atoms with van der Waals surface area (Å²) in [5.41, 5.74) is 0. The van der Waals surface area contributed by atoms with E-state index in [1.54, 1.807) is 7.11 Å². The first-order valence-electron chi connectivity index (χ1n) is 6.82. The van der Waals surface area contributed by atoms with Crippen molar-refractivity contribution in [2.75, 3.05) is 33.0 Å². The molecule has 2 fully saturated rings. The molecule has 0 bridgehead atoms. The van der Waals surface area contributed by atoms with Crippen LogP contribution >= 0.6 is 11.8 Å². The van der Waals surface area contributed by atoms with Crippen LogP contribution < -0.4 is 5.32 Å². The van der Waals surface area contributed by atoms with Gasteiger partial charge in [0, 0.05) is 32.0 Å². The van der Waals surface area contributed by atoms with Crippen molar-refractivity contribution in [3.05, 3.63) is 0 Å². The summed E-state index contributed by atoms with van der Waals surface area (Å²) in [6.07, 6.45) is 6.70. The number of likely N-dealkylation sites (tertiary alicyclic amines) is 1. The highest BCUT2D eigenvalue weighted by molar-refractivity contribution is 7.99. The number of nitrogens with one attached hydrogen (secondary N) is 1. The van der Waals surface area contributed by atoms with Gasteiger partial charge in [0.15, 0.2) is 0 Å². The molecule has 2 saturated heterocycles. The maximum absolute atomic E-state index is 12.4. The molecule has 2 rings (SSSR count). The molecule has 0 aromatic carbocycles. The number of ether oxygens (including phenoxy) is 1. The summed E-state index contributed by atoms with van der Waals surface area (Å²) in [7, 11) is 1.72. The molecule has 5 heteroatoms. The molecule has 0 saturated carbocycles. The van der Waals surface area contributed by atoms with Gasteiger partial charge in [-0.25, -0.2) is 0 Å². The van der Waals surface area contributed by atoms with Crippen molar-refractivity contribution < 1.29 is 9.53 Å². The van der Waals surface area contributed by atoms with E-state index in [0.717, 1.165) is 44.1 Å². The predicted octanol–water partition coefficient (Wildman–Crippen LogP) is 1.11. The molecule has 2 heterocycles. The van der Waals surface area contributed by atoms with Crippen LogP contribution in [0.4, 0.5) is 0 Å². The minimum atomic E-state index is -0.0271. The van der Waals surface area contributed by atoms with Crippen LogP contribution in [0, 0.1) is 0 Å². The number of carbonyl (C=O) groups is 1. The molecule has 0 radical (unpaired) electrons. The molecule has 0 aromatic heterocycles. The highest BCUT2D eigenvalue weighted by atomic mass is 32.2. The summed E-state index contributed by atoms with van der Waals surface area (Å²) in [6.45, 7) is 2.64. The second kappa shape index (κ2) is 6.78. The van der Waals surface area contributed by atoms with Crippen LogP contribution in [0.2, 0.25) is 0 Å². The molecule has 3 atom stereocenters. The summed E-state index contributed by atoms with van der Waals surface area (Å²) in [5, 5.41) is 4.01. The van der Waals surface area contributed by atoms with Gasteiger partial charge in [0.05, 0.1) is 12.1 Å². The number of amides is 1. The first kappa shape index (κ1) is 14.2. The zero-order valence-corrected chi connectivity index (χ0v) is 12.2. The molecular formula is C13H24N2O2S. The van der Waals surface area contributed by atoms with E-state index in [9.17, 15) is 4.79 Å². The predicted molar refractivity (Wildman–Crippen MR) is 74.9 cm³/mol. The Labute approximate surface area is 114 Å². The van der Waals surface area contributed by atoms with Crippen LogP contribution in [-0.2, 0) is 9.53 Å². The van der Waals surface area contributed by atoms with E-state index in [0.29, 0.717) is 0 Å². The van der Waals surface area contributed by atoms with Crippen molar-refractivity contribution in [2.24, 2.45) is 0 Å². The standard InChI is InChI=1S/C13H24N2O2S/c1-17-10-8-12(14-9-10)13(16)15-6-3-4-11(18-2)5-7-15/h10-12,14H,3-9H2,1-2H3. The Morgan fingerprint density at radius 3 is 2.89 bits per heavy atom. The van der Waals surface area contributed by atoms with Crippen molar-refractivity contribution in [2.45, 2.75) is 43.1 Å². The van der Waals surface area contributed by atoms with Gasteiger partial charge in [-0.15, -0.1) is 0 Å². The van der Waals surface area contributed by atoms with Crippen molar-refractivity contribution in [1.29, 1.82) is 0 Å². The Morgan fingerprint density at radius 1 is 1.39 bits per heavy atom. The monoisotopic (exact) mass is 272 g/mol. The number of hydrogen-bond acceptors (Lipinski definition) is 4. The third-order valence-corrected chi connectivity index (χ3v) is 5.18. The van der Waals surface area contributed by atoms with Crippen LogP contribution in [0.3, 0.4) is 0 Å². The zero-order valence-electron chi connectivity index (χ0n) is 11.4. The summed E-state index contributed by atoms with van der Waals surface area (Å²) in [4.78, 5) is 14.5. The summed E-state index contributed by atoms with van der Waals surface area (Å²) < 4.78 is 5.30. The Kier molecular flexibility index (Phi) is 5.33. The van der Waals surface area contributed by atoms with Crippen LogP contribution in [0.5, 0.6) is 0 Å². The molecule has 2 aliphatic rings. The third-order valence-electron chi connectivity index (χ3n) is 4.04. The zero-order chi connectivity index (χ0) is 13.0. The molecule has 3 unspecified atom stereocenters. The van der Waals surface area contributed by atoms with Crippen LogP contribution in [0.1, 0.15) is 25.7 Å². The van der Waals surface area contributed by atoms with E-state index < -0.39 is 0 Å². The molecule has 1 amide bonds. The van der Waals surface area contributed by atoms with Gasteiger partial charge in [-0.2, -0.15) is 11.8 Å². The minimum absolute atomic E-state index is 0.0271. The van der Waals surface area contributed by atoms with Gasteiger partial charge in [-0.05, 0) is 31.9 Å². The number of methoxy groups -OCH3 is 1. The number of rotatable bonds is 3. The van der Waals surface area contributed by atoms with Gasteiger partial charge >= 0.3 is 0 Å². The third kappa shape index (κ3) is 3.39. The molecule has 4 nitrogen and oxygen atoms in total. The molecule has 0 spiro atoms. The average Bonchev–Trinajstić information content (AvgIpc) is 2.75. The number of hydrogen-bond donors (Lipinski definition) is 1. The maximum Gasteiger partial charge on any atom is 0.239 e. The minimum Gasteiger partial charge on any atom is -0.380 e. The second-order valence-electron chi connectivity index (χ2n) is 5.17. The second-order valence-corrected chi connectivity index (χ2v) is 6.31. The summed E-state index contributed by atoms with van der Waals surface area (Å²) in [5.74, 6) is 0.274. The van der Waals surface area contributed by atoms with E-state index in [1.165, 1.54) is 6.42 Å². The quantitative estimate of drug-likeness (QED) is 0.835. The summed E-state index contributed by atoms with van der Waals surface area (Å²) >= 11 is 1.94. The summed E-state index contributed by atoms with van der Waals surface area (Å²) in [6, 6.07) is -0.0271. The molecule has 0 aromatic rings. The van der Waals surface area contributed by atoms with E-state index in [1.807, 2.05) is 16.7 Å². The Balaban J connectivity index is 1.85. The topological polar surface area (TPSA) is 41.6 Å². The first-order valence-corrected chi connectivity index (χ1v) is 8.11. The maximum atomic E-state index is 12.4. The van der Waals surface area contributed by atoms with E-state index in [4.69, 9.17) is 4.74 Å². The molecule has 2 aliphatic heterocycles. The van der Waals surface area contributed by atoms with Gasteiger partial charge in [0.2, 0.25) is 5.91 Å². The fourth-order valence-corrected chi connectivity index (χ4v) is 3.56. The fourth-order valence-electron chi connectivity index (χ4n) is 2.81. The lowest BCUT2D eigenvalue weighted by atomic mass is 10.1.